The van der Waals surface area contributed by atoms with E-state index in [1.54, 1.807) is 6.92 Å². The van der Waals surface area contributed by atoms with Crippen LogP contribution in [-0.2, 0) is 11.5 Å². The average molecular weight is 288 g/mol. The molecule has 7 heteroatoms. The average Bonchev–Trinajstić information content (AvgIpc) is 2.46. The Morgan fingerprint density at radius 3 is 2.61 bits per heavy atom. The molecular formula is C11H20N2O3SSi. The number of hydrogen-bond acceptors (Lipinski definition) is 4. The first kappa shape index (κ1) is 15.3. The molecule has 0 saturated carbocycles. The molecule has 102 valence electrons. The summed E-state index contributed by atoms with van der Waals surface area (Å²) in [6.07, 6.45) is 0. The fraction of sp³-hybridized carbons (Fsp3) is 0.636. The number of carboxylic acids is 1. The molecule has 1 N–H and O–H groups in total. The van der Waals surface area contributed by atoms with Crippen molar-refractivity contribution in [3.8, 4) is 0 Å². The van der Waals surface area contributed by atoms with Crippen LogP contribution in [0.3, 0.4) is 0 Å². The number of thiol groups is 1. The van der Waals surface area contributed by atoms with E-state index >= 15 is 0 Å². The van der Waals surface area contributed by atoms with Crippen molar-refractivity contribution in [1.82, 2.24) is 9.55 Å². The molecule has 0 aromatic carbocycles. The zero-order chi connectivity index (χ0) is 13.9. The van der Waals surface area contributed by atoms with E-state index in [0.717, 1.165) is 6.04 Å². The van der Waals surface area contributed by atoms with Crippen LogP contribution in [-0.4, -0.2) is 35.3 Å². The minimum atomic E-state index is -1.12. The third-order valence-electron chi connectivity index (χ3n) is 2.56. The number of imidazole rings is 1. The number of ether oxygens (including phenoxy) is 1. The maximum absolute atomic E-state index is 11.1. The van der Waals surface area contributed by atoms with Crippen LogP contribution in [0.1, 0.15) is 16.3 Å². The van der Waals surface area contributed by atoms with Crippen LogP contribution in [0.5, 0.6) is 0 Å². The quantitative estimate of drug-likeness (QED) is 0.479. The van der Waals surface area contributed by atoms with Gasteiger partial charge in [-0.3, -0.25) is 4.57 Å². The maximum atomic E-state index is 11.1. The van der Waals surface area contributed by atoms with Gasteiger partial charge in [-0.15, -0.1) is 12.6 Å². The summed E-state index contributed by atoms with van der Waals surface area (Å²) in [5, 5.41) is 9.32. The zero-order valence-electron chi connectivity index (χ0n) is 11.2. The van der Waals surface area contributed by atoms with Crippen molar-refractivity contribution >= 4 is 26.7 Å². The maximum Gasteiger partial charge on any atom is 0.355 e. The molecule has 0 fully saturated rings. The minimum Gasteiger partial charge on any atom is -0.476 e. The number of rotatable bonds is 6. The number of carboxylic acid groups (broad SMARTS) is 1. The SMILES string of the molecule is Cc1nc(S)c(C(=O)O)n1COCC[Si](C)(C)C. The van der Waals surface area contributed by atoms with Crippen LogP contribution in [0.4, 0.5) is 0 Å². The Hall–Kier alpha value is -0.793. The van der Waals surface area contributed by atoms with E-state index in [9.17, 15) is 4.79 Å². The molecule has 0 amide bonds. The third kappa shape index (κ3) is 4.15. The first-order valence-electron chi connectivity index (χ1n) is 5.79. The number of aromatic nitrogens is 2. The largest absolute Gasteiger partial charge is 0.476 e. The highest BCUT2D eigenvalue weighted by Gasteiger charge is 2.19. The summed E-state index contributed by atoms with van der Waals surface area (Å²) in [4.78, 5) is 15.1. The predicted octanol–water partition coefficient (Wildman–Crippen LogP) is 2.49. The number of aryl methyl sites for hydroxylation is 1. The van der Waals surface area contributed by atoms with Gasteiger partial charge in [-0.1, -0.05) is 19.6 Å². The molecule has 0 bridgehead atoms. The summed E-state index contributed by atoms with van der Waals surface area (Å²) in [7, 11) is -1.12. The lowest BCUT2D eigenvalue weighted by Gasteiger charge is -2.16. The van der Waals surface area contributed by atoms with Crippen molar-refractivity contribution < 1.29 is 14.6 Å². The van der Waals surface area contributed by atoms with E-state index in [1.165, 1.54) is 4.57 Å². The molecule has 0 aliphatic carbocycles. The van der Waals surface area contributed by atoms with Crippen LogP contribution in [0.2, 0.25) is 25.7 Å². The Morgan fingerprint density at radius 1 is 1.50 bits per heavy atom. The van der Waals surface area contributed by atoms with E-state index in [0.29, 0.717) is 12.4 Å². The molecule has 1 heterocycles. The van der Waals surface area contributed by atoms with Crippen LogP contribution in [0.25, 0.3) is 0 Å². The third-order valence-corrected chi connectivity index (χ3v) is 4.58. The minimum absolute atomic E-state index is 0.0869. The number of aromatic carboxylic acids is 1. The Kier molecular flexibility index (Phi) is 5.00. The number of hydrogen-bond donors (Lipinski definition) is 2. The van der Waals surface area contributed by atoms with Crippen LogP contribution < -0.4 is 0 Å². The van der Waals surface area contributed by atoms with Gasteiger partial charge in [0.2, 0.25) is 0 Å². The topological polar surface area (TPSA) is 64.3 Å². The number of carbonyl (C=O) groups is 1. The molecule has 0 spiro atoms. The molecule has 1 aromatic heterocycles. The second-order valence-electron chi connectivity index (χ2n) is 5.41. The molecule has 0 aliphatic rings. The summed E-state index contributed by atoms with van der Waals surface area (Å²) in [5.41, 5.74) is 0.0869. The standard InChI is InChI=1S/C11H20N2O3SSi/c1-8-12-10(17)9(11(14)15)13(8)7-16-5-6-18(2,3)4/h17H,5-7H2,1-4H3,(H,14,15). The van der Waals surface area contributed by atoms with Gasteiger partial charge in [-0.05, 0) is 13.0 Å². The molecule has 0 saturated heterocycles. The summed E-state index contributed by atoms with van der Waals surface area (Å²) in [6.45, 7) is 9.42. The van der Waals surface area contributed by atoms with Gasteiger partial charge >= 0.3 is 5.97 Å². The molecule has 5 nitrogen and oxygen atoms in total. The smallest absolute Gasteiger partial charge is 0.355 e. The fourth-order valence-electron chi connectivity index (χ4n) is 1.45. The lowest BCUT2D eigenvalue weighted by Crippen LogP contribution is -2.22. The molecule has 0 aliphatic heterocycles. The molecule has 0 atom stereocenters. The first-order valence-corrected chi connectivity index (χ1v) is 9.95. The Bertz CT molecular complexity index is 440. The monoisotopic (exact) mass is 288 g/mol. The van der Waals surface area contributed by atoms with Crippen molar-refractivity contribution in [3.05, 3.63) is 11.5 Å². The van der Waals surface area contributed by atoms with Gasteiger partial charge in [0.25, 0.3) is 0 Å². The highest BCUT2D eigenvalue weighted by atomic mass is 32.1. The van der Waals surface area contributed by atoms with Gasteiger partial charge in [0.05, 0.1) is 0 Å². The van der Waals surface area contributed by atoms with Crippen molar-refractivity contribution in [2.45, 2.75) is 44.4 Å². The molecule has 1 aromatic rings. The zero-order valence-corrected chi connectivity index (χ0v) is 13.1. The lowest BCUT2D eigenvalue weighted by molar-refractivity contribution is 0.0613. The van der Waals surface area contributed by atoms with Crippen LogP contribution in [0.15, 0.2) is 5.03 Å². The summed E-state index contributed by atoms with van der Waals surface area (Å²) < 4.78 is 7.08. The van der Waals surface area contributed by atoms with Gasteiger partial charge in [0, 0.05) is 14.7 Å². The van der Waals surface area contributed by atoms with E-state index in [1.807, 2.05) is 0 Å². The first-order chi connectivity index (χ1) is 8.22. The van der Waals surface area contributed by atoms with Crippen LogP contribution in [0, 0.1) is 6.92 Å². The highest BCUT2D eigenvalue weighted by molar-refractivity contribution is 7.80. The predicted molar refractivity (Wildman–Crippen MR) is 75.3 cm³/mol. The lowest BCUT2D eigenvalue weighted by atomic mass is 10.5. The summed E-state index contributed by atoms with van der Waals surface area (Å²) in [5.74, 6) is -0.431. The van der Waals surface area contributed by atoms with E-state index in [4.69, 9.17) is 9.84 Å². The summed E-state index contributed by atoms with van der Waals surface area (Å²) >= 11 is 4.06. The Morgan fingerprint density at radius 2 is 2.11 bits per heavy atom. The van der Waals surface area contributed by atoms with Gasteiger partial charge < -0.3 is 9.84 Å². The van der Waals surface area contributed by atoms with E-state index in [2.05, 4.69) is 37.3 Å². The molecule has 0 unspecified atom stereocenters. The van der Waals surface area contributed by atoms with Crippen LogP contribution >= 0.6 is 12.6 Å². The molecule has 1 rings (SSSR count). The van der Waals surface area contributed by atoms with E-state index < -0.39 is 14.0 Å². The van der Waals surface area contributed by atoms with Gasteiger partial charge in [0.15, 0.2) is 5.69 Å². The van der Waals surface area contributed by atoms with Crippen molar-refractivity contribution in [2.75, 3.05) is 6.61 Å². The second-order valence-corrected chi connectivity index (χ2v) is 11.5. The second kappa shape index (κ2) is 5.90. The molecular weight excluding hydrogens is 268 g/mol. The van der Waals surface area contributed by atoms with Gasteiger partial charge in [0.1, 0.15) is 17.6 Å². The van der Waals surface area contributed by atoms with Crippen molar-refractivity contribution in [2.24, 2.45) is 0 Å². The summed E-state index contributed by atoms with van der Waals surface area (Å²) in [6, 6.07) is 1.05. The van der Waals surface area contributed by atoms with Gasteiger partial charge in [-0.25, -0.2) is 9.78 Å². The normalized spacial score (nSPS) is 11.8. The Labute approximate surface area is 114 Å². The number of nitrogens with zero attached hydrogens (tertiary/aromatic N) is 2. The fourth-order valence-corrected chi connectivity index (χ4v) is 2.57. The molecule has 18 heavy (non-hydrogen) atoms. The van der Waals surface area contributed by atoms with E-state index in [-0.39, 0.29) is 17.5 Å². The van der Waals surface area contributed by atoms with Crippen molar-refractivity contribution in [3.63, 3.8) is 0 Å². The highest BCUT2D eigenvalue weighted by Crippen LogP contribution is 2.16. The van der Waals surface area contributed by atoms with Gasteiger partial charge in [-0.2, -0.15) is 0 Å². The Balaban J connectivity index is 2.65. The van der Waals surface area contributed by atoms with Crippen molar-refractivity contribution in [1.29, 1.82) is 0 Å². The molecule has 0 radical (unpaired) electrons.